The molecule has 3 rings (SSSR count). The van der Waals surface area contributed by atoms with Crippen LogP contribution in [-0.2, 0) is 11.3 Å². The molecule has 2 atom stereocenters. The third kappa shape index (κ3) is 2.31. The smallest absolute Gasteiger partial charge is 0.123 e. The lowest BCUT2D eigenvalue weighted by molar-refractivity contribution is -0.0412. The molecule has 4 heteroatoms. The Balaban J connectivity index is 1.69. The number of fused-ring (bicyclic) bond motifs is 2. The Morgan fingerprint density at radius 3 is 2.67 bits per heavy atom. The molecule has 1 N–H and O–H groups in total. The third-order valence-corrected chi connectivity index (χ3v) is 3.81. The molecule has 98 valence electrons. The maximum Gasteiger partial charge on any atom is 0.123 e. The van der Waals surface area contributed by atoms with Gasteiger partial charge in [-0.25, -0.2) is 0 Å². The molecular formula is C14H19NO3. The van der Waals surface area contributed by atoms with Crippen molar-refractivity contribution >= 4 is 0 Å². The fourth-order valence-electron chi connectivity index (χ4n) is 2.87. The normalized spacial score (nSPS) is 27.4. The van der Waals surface area contributed by atoms with Gasteiger partial charge in [-0.2, -0.15) is 0 Å². The molecule has 2 aliphatic rings. The summed E-state index contributed by atoms with van der Waals surface area (Å²) in [5, 5.41) is 9.96. The summed E-state index contributed by atoms with van der Waals surface area (Å²) in [6.45, 7) is 2.73. The number of ether oxygens (including phenoxy) is 2. The van der Waals surface area contributed by atoms with Crippen LogP contribution in [0, 0.1) is 0 Å². The average molecular weight is 249 g/mol. The molecule has 1 aromatic carbocycles. The molecule has 0 saturated carbocycles. The number of nitrogens with zero attached hydrogens (tertiary/aromatic N) is 1. The number of aromatic hydroxyl groups is 1. The lowest BCUT2D eigenvalue weighted by atomic mass is 10.1. The number of hydrogen-bond donors (Lipinski definition) is 1. The van der Waals surface area contributed by atoms with E-state index in [0.717, 1.165) is 25.2 Å². The molecule has 0 spiro atoms. The molecular weight excluding hydrogens is 230 g/mol. The predicted octanol–water partition coefficient (Wildman–Crippen LogP) is 1.76. The van der Waals surface area contributed by atoms with Crippen molar-refractivity contribution in [1.82, 2.24) is 4.90 Å². The largest absolute Gasteiger partial charge is 0.507 e. The summed E-state index contributed by atoms with van der Waals surface area (Å²) in [5.74, 6) is 1.01. The Morgan fingerprint density at radius 1 is 1.33 bits per heavy atom. The Bertz CT molecular complexity index is 423. The molecule has 2 bridgehead atoms. The third-order valence-electron chi connectivity index (χ3n) is 3.81. The summed E-state index contributed by atoms with van der Waals surface area (Å²) in [5.41, 5.74) is 0.956. The van der Waals surface area contributed by atoms with Crippen LogP contribution in [-0.4, -0.2) is 42.4 Å². The van der Waals surface area contributed by atoms with E-state index >= 15 is 0 Å². The highest BCUT2D eigenvalue weighted by molar-refractivity contribution is 5.39. The van der Waals surface area contributed by atoms with Crippen LogP contribution < -0.4 is 4.74 Å². The Labute approximate surface area is 107 Å². The Hall–Kier alpha value is -1.26. The molecule has 0 radical (unpaired) electrons. The Kier molecular flexibility index (Phi) is 3.14. The van der Waals surface area contributed by atoms with Crippen LogP contribution in [0.3, 0.4) is 0 Å². The molecule has 2 aliphatic heterocycles. The molecule has 1 aromatic rings. The zero-order valence-corrected chi connectivity index (χ0v) is 10.6. The van der Waals surface area contributed by atoms with E-state index in [2.05, 4.69) is 4.90 Å². The van der Waals surface area contributed by atoms with E-state index in [4.69, 9.17) is 9.47 Å². The van der Waals surface area contributed by atoms with Crippen molar-refractivity contribution in [2.45, 2.75) is 31.6 Å². The summed E-state index contributed by atoms with van der Waals surface area (Å²) >= 11 is 0. The van der Waals surface area contributed by atoms with E-state index in [1.54, 1.807) is 13.2 Å². The first-order valence-corrected chi connectivity index (χ1v) is 6.48. The Morgan fingerprint density at radius 2 is 2.06 bits per heavy atom. The standard InChI is InChI=1S/C14H19NO3/c1-17-11-3-2-10(14(16)6-11)7-15-8-12-4-5-13(9-15)18-12/h2-3,6,12-13,16H,4-5,7-9H2,1H3. The van der Waals surface area contributed by atoms with E-state index < -0.39 is 0 Å². The minimum atomic E-state index is 0.313. The predicted molar refractivity (Wildman–Crippen MR) is 67.8 cm³/mol. The van der Waals surface area contributed by atoms with Crippen molar-refractivity contribution in [3.05, 3.63) is 23.8 Å². The number of methoxy groups -OCH3 is 1. The molecule has 2 heterocycles. The number of benzene rings is 1. The number of likely N-dealkylation sites (tertiary alicyclic amines) is 1. The summed E-state index contributed by atoms with van der Waals surface area (Å²) in [4.78, 5) is 2.37. The average Bonchev–Trinajstić information content (AvgIpc) is 2.71. The van der Waals surface area contributed by atoms with E-state index in [9.17, 15) is 5.11 Å². The molecule has 2 fully saturated rings. The minimum absolute atomic E-state index is 0.313. The van der Waals surface area contributed by atoms with Crippen molar-refractivity contribution in [2.24, 2.45) is 0 Å². The van der Waals surface area contributed by atoms with Crippen LogP contribution in [0.1, 0.15) is 18.4 Å². The van der Waals surface area contributed by atoms with Gasteiger partial charge in [-0.05, 0) is 18.9 Å². The number of phenolic OH excluding ortho intramolecular Hbond substituents is 1. The monoisotopic (exact) mass is 249 g/mol. The molecule has 4 nitrogen and oxygen atoms in total. The fourth-order valence-corrected chi connectivity index (χ4v) is 2.87. The highest BCUT2D eigenvalue weighted by Crippen LogP contribution is 2.29. The lowest BCUT2D eigenvalue weighted by Crippen LogP contribution is -2.41. The van der Waals surface area contributed by atoms with Gasteiger partial charge in [-0.1, -0.05) is 6.07 Å². The first-order chi connectivity index (χ1) is 8.74. The zero-order chi connectivity index (χ0) is 12.5. The SMILES string of the molecule is COc1ccc(CN2CC3CCC(C2)O3)c(O)c1. The number of hydrogen-bond acceptors (Lipinski definition) is 4. The van der Waals surface area contributed by atoms with Gasteiger partial charge in [-0.15, -0.1) is 0 Å². The zero-order valence-electron chi connectivity index (χ0n) is 10.6. The van der Waals surface area contributed by atoms with Crippen LogP contribution in [0.5, 0.6) is 11.5 Å². The van der Waals surface area contributed by atoms with Crippen molar-refractivity contribution in [3.63, 3.8) is 0 Å². The lowest BCUT2D eigenvalue weighted by Gasteiger charge is -2.32. The van der Waals surface area contributed by atoms with Gasteiger partial charge < -0.3 is 14.6 Å². The first kappa shape index (κ1) is 11.8. The van der Waals surface area contributed by atoms with Crippen molar-refractivity contribution in [3.8, 4) is 11.5 Å². The van der Waals surface area contributed by atoms with Crippen LogP contribution in [0.25, 0.3) is 0 Å². The van der Waals surface area contributed by atoms with Gasteiger partial charge >= 0.3 is 0 Å². The van der Waals surface area contributed by atoms with Crippen LogP contribution >= 0.6 is 0 Å². The first-order valence-electron chi connectivity index (χ1n) is 6.48. The van der Waals surface area contributed by atoms with Gasteiger partial charge in [-0.3, -0.25) is 4.90 Å². The highest BCUT2D eigenvalue weighted by Gasteiger charge is 2.33. The maximum atomic E-state index is 9.96. The molecule has 0 amide bonds. The van der Waals surface area contributed by atoms with E-state index in [1.165, 1.54) is 12.8 Å². The molecule has 2 saturated heterocycles. The molecule has 2 unspecified atom stereocenters. The molecule has 0 aromatic heterocycles. The summed E-state index contributed by atoms with van der Waals surface area (Å²) in [6.07, 6.45) is 3.14. The quantitative estimate of drug-likeness (QED) is 0.886. The number of morpholine rings is 1. The topological polar surface area (TPSA) is 41.9 Å². The van der Waals surface area contributed by atoms with Gasteiger partial charge in [0, 0.05) is 31.3 Å². The van der Waals surface area contributed by atoms with E-state index in [-0.39, 0.29) is 0 Å². The summed E-state index contributed by atoms with van der Waals surface area (Å²) in [7, 11) is 1.61. The van der Waals surface area contributed by atoms with Gasteiger partial charge in [0.1, 0.15) is 11.5 Å². The van der Waals surface area contributed by atoms with Gasteiger partial charge in [0.25, 0.3) is 0 Å². The van der Waals surface area contributed by atoms with Crippen LogP contribution in [0.2, 0.25) is 0 Å². The summed E-state index contributed by atoms with van der Waals surface area (Å²) < 4.78 is 10.9. The van der Waals surface area contributed by atoms with E-state index in [0.29, 0.717) is 23.7 Å². The number of phenols is 1. The highest BCUT2D eigenvalue weighted by atomic mass is 16.5. The fraction of sp³-hybridized carbons (Fsp3) is 0.571. The van der Waals surface area contributed by atoms with Crippen molar-refractivity contribution in [1.29, 1.82) is 0 Å². The molecule has 18 heavy (non-hydrogen) atoms. The maximum absolute atomic E-state index is 9.96. The van der Waals surface area contributed by atoms with Crippen molar-refractivity contribution < 1.29 is 14.6 Å². The number of rotatable bonds is 3. The van der Waals surface area contributed by atoms with Gasteiger partial charge in [0.2, 0.25) is 0 Å². The molecule has 0 aliphatic carbocycles. The minimum Gasteiger partial charge on any atom is -0.507 e. The van der Waals surface area contributed by atoms with Gasteiger partial charge in [0.15, 0.2) is 0 Å². The van der Waals surface area contributed by atoms with Gasteiger partial charge in [0.05, 0.1) is 19.3 Å². The second-order valence-electron chi connectivity index (χ2n) is 5.15. The van der Waals surface area contributed by atoms with E-state index in [1.807, 2.05) is 12.1 Å². The van der Waals surface area contributed by atoms with Crippen LogP contribution in [0.4, 0.5) is 0 Å². The van der Waals surface area contributed by atoms with Crippen LogP contribution in [0.15, 0.2) is 18.2 Å². The second-order valence-corrected chi connectivity index (χ2v) is 5.15. The summed E-state index contributed by atoms with van der Waals surface area (Å²) in [6, 6.07) is 5.50. The second kappa shape index (κ2) is 4.78. The van der Waals surface area contributed by atoms with Crippen molar-refractivity contribution in [2.75, 3.05) is 20.2 Å².